The van der Waals surface area contributed by atoms with Crippen molar-refractivity contribution in [3.8, 4) is 11.5 Å². The minimum absolute atomic E-state index is 0.572. The van der Waals surface area contributed by atoms with Gasteiger partial charge in [0.15, 0.2) is 0 Å². The lowest BCUT2D eigenvalue weighted by molar-refractivity contribution is 0.302. The summed E-state index contributed by atoms with van der Waals surface area (Å²) in [4.78, 5) is 0. The van der Waals surface area contributed by atoms with E-state index in [1.54, 1.807) is 7.11 Å². The van der Waals surface area contributed by atoms with Gasteiger partial charge in [-0.2, -0.15) is 0 Å². The molecule has 146 valence electrons. The molecule has 3 aromatic rings. The maximum Gasteiger partial charge on any atom is 0.124 e. The second kappa shape index (κ2) is 10.3. The molecule has 0 saturated heterocycles. The minimum Gasteiger partial charge on any atom is -0.497 e. The normalized spacial score (nSPS) is 10.7. The molecule has 0 bridgehead atoms. The summed E-state index contributed by atoms with van der Waals surface area (Å²) >= 11 is 3.57. The molecule has 0 aliphatic heterocycles. The van der Waals surface area contributed by atoms with Gasteiger partial charge in [-0.05, 0) is 61.3 Å². The van der Waals surface area contributed by atoms with Gasteiger partial charge in [0.05, 0.1) is 7.11 Å². The fraction of sp³-hybridized carbons (Fsp3) is 0.250. The molecule has 0 aromatic heterocycles. The Bertz CT molecular complexity index is 893. The monoisotopic (exact) mass is 439 g/mol. The lowest BCUT2D eigenvalue weighted by Gasteiger charge is -2.13. The molecule has 3 aromatic carbocycles. The number of hydrogen-bond acceptors (Lipinski definition) is 3. The molecule has 0 atom stereocenters. The second-order valence-corrected chi connectivity index (χ2v) is 7.72. The van der Waals surface area contributed by atoms with Gasteiger partial charge in [0.2, 0.25) is 0 Å². The Hall–Kier alpha value is -2.30. The minimum atomic E-state index is 0.572. The van der Waals surface area contributed by atoms with Crippen LogP contribution in [0.1, 0.15) is 22.3 Å². The van der Waals surface area contributed by atoms with Gasteiger partial charge in [-0.3, -0.25) is 0 Å². The zero-order valence-corrected chi connectivity index (χ0v) is 18.0. The zero-order valence-electron chi connectivity index (χ0n) is 16.4. The lowest BCUT2D eigenvalue weighted by atomic mass is 10.1. The van der Waals surface area contributed by atoms with E-state index in [4.69, 9.17) is 9.47 Å². The van der Waals surface area contributed by atoms with E-state index in [0.29, 0.717) is 6.61 Å². The highest BCUT2D eigenvalue weighted by atomic mass is 79.9. The molecule has 3 nitrogen and oxygen atoms in total. The van der Waals surface area contributed by atoms with Crippen molar-refractivity contribution < 1.29 is 9.47 Å². The molecular weight excluding hydrogens is 414 g/mol. The van der Waals surface area contributed by atoms with Crippen molar-refractivity contribution in [2.24, 2.45) is 0 Å². The Balaban J connectivity index is 1.54. The predicted octanol–water partition coefficient (Wildman–Crippen LogP) is 5.68. The summed E-state index contributed by atoms with van der Waals surface area (Å²) < 4.78 is 12.4. The fourth-order valence-electron chi connectivity index (χ4n) is 3.04. The highest BCUT2D eigenvalue weighted by Crippen LogP contribution is 2.24. The molecule has 0 saturated carbocycles. The van der Waals surface area contributed by atoms with Crippen LogP contribution in [-0.2, 0) is 19.6 Å². The summed E-state index contributed by atoms with van der Waals surface area (Å²) in [7, 11) is 1.69. The molecule has 1 N–H and O–H groups in total. The van der Waals surface area contributed by atoms with Crippen LogP contribution in [0, 0.1) is 6.92 Å². The third-order valence-corrected chi connectivity index (χ3v) is 5.06. The molecule has 0 radical (unpaired) electrons. The molecule has 0 amide bonds. The quantitative estimate of drug-likeness (QED) is 0.435. The van der Waals surface area contributed by atoms with Gasteiger partial charge in [-0.15, -0.1) is 0 Å². The molecule has 4 heteroatoms. The summed E-state index contributed by atoms with van der Waals surface area (Å²) in [6.07, 6.45) is 0.970. The van der Waals surface area contributed by atoms with Gasteiger partial charge in [0, 0.05) is 16.6 Å². The number of nitrogens with one attached hydrogen (secondary N) is 1. The largest absolute Gasteiger partial charge is 0.497 e. The fourth-order valence-corrected chi connectivity index (χ4v) is 3.45. The molecule has 28 heavy (non-hydrogen) atoms. The number of ether oxygens (including phenoxy) is 2. The van der Waals surface area contributed by atoms with E-state index in [1.165, 1.54) is 16.7 Å². The van der Waals surface area contributed by atoms with Crippen molar-refractivity contribution >= 4 is 15.9 Å². The van der Waals surface area contributed by atoms with Crippen LogP contribution in [0.2, 0.25) is 0 Å². The first-order chi connectivity index (χ1) is 13.6. The van der Waals surface area contributed by atoms with Crippen LogP contribution in [0.3, 0.4) is 0 Å². The Kier molecular flexibility index (Phi) is 7.52. The highest BCUT2D eigenvalue weighted by molar-refractivity contribution is 9.10. The summed E-state index contributed by atoms with van der Waals surface area (Å²) in [6.45, 7) is 4.33. The predicted molar refractivity (Wildman–Crippen MR) is 118 cm³/mol. The molecular formula is C24H26BrNO2. The van der Waals surface area contributed by atoms with Crippen LogP contribution in [0.4, 0.5) is 0 Å². The summed E-state index contributed by atoms with van der Waals surface area (Å²) in [5.41, 5.74) is 4.87. The smallest absolute Gasteiger partial charge is 0.124 e. The van der Waals surface area contributed by atoms with Crippen LogP contribution in [0.25, 0.3) is 0 Å². The molecule has 0 aliphatic rings. The first-order valence-corrected chi connectivity index (χ1v) is 10.2. The van der Waals surface area contributed by atoms with Crippen LogP contribution in [0.5, 0.6) is 11.5 Å². The molecule has 0 unspecified atom stereocenters. The Morgan fingerprint density at radius 1 is 0.929 bits per heavy atom. The van der Waals surface area contributed by atoms with Crippen LogP contribution in [-0.4, -0.2) is 13.7 Å². The van der Waals surface area contributed by atoms with Crippen molar-refractivity contribution in [3.05, 3.63) is 93.5 Å². The van der Waals surface area contributed by atoms with E-state index in [0.717, 1.165) is 41.0 Å². The number of methoxy groups -OCH3 is 1. The number of hydrogen-bond donors (Lipinski definition) is 1. The Labute approximate surface area is 175 Å². The van der Waals surface area contributed by atoms with Gasteiger partial charge in [0.25, 0.3) is 0 Å². The number of rotatable bonds is 9. The van der Waals surface area contributed by atoms with Gasteiger partial charge in [0.1, 0.15) is 18.1 Å². The van der Waals surface area contributed by atoms with Crippen molar-refractivity contribution in [2.75, 3.05) is 13.7 Å². The van der Waals surface area contributed by atoms with E-state index >= 15 is 0 Å². The first kappa shape index (κ1) is 20.4. The first-order valence-electron chi connectivity index (χ1n) is 9.44. The maximum atomic E-state index is 6.10. The SMILES string of the molecule is COc1ccc(CCNCc2cc(Br)ccc2OCc2cccc(C)c2)cc1. The van der Waals surface area contributed by atoms with Crippen molar-refractivity contribution in [1.82, 2.24) is 5.32 Å². The Morgan fingerprint density at radius 2 is 1.75 bits per heavy atom. The number of benzene rings is 3. The van der Waals surface area contributed by atoms with Crippen molar-refractivity contribution in [1.29, 1.82) is 0 Å². The third-order valence-electron chi connectivity index (χ3n) is 4.56. The topological polar surface area (TPSA) is 30.5 Å². The summed E-state index contributed by atoms with van der Waals surface area (Å²) in [6, 6.07) is 22.8. The maximum absolute atomic E-state index is 6.10. The van der Waals surface area contributed by atoms with Crippen molar-refractivity contribution in [2.45, 2.75) is 26.5 Å². The highest BCUT2D eigenvalue weighted by Gasteiger charge is 2.06. The molecule has 3 rings (SSSR count). The van der Waals surface area contributed by atoms with Crippen LogP contribution >= 0.6 is 15.9 Å². The average Bonchev–Trinajstić information content (AvgIpc) is 2.71. The van der Waals surface area contributed by atoms with Gasteiger partial charge >= 0.3 is 0 Å². The summed E-state index contributed by atoms with van der Waals surface area (Å²) in [5.74, 6) is 1.81. The van der Waals surface area contributed by atoms with E-state index in [1.807, 2.05) is 24.3 Å². The van der Waals surface area contributed by atoms with E-state index in [9.17, 15) is 0 Å². The zero-order chi connectivity index (χ0) is 19.8. The van der Waals surface area contributed by atoms with Crippen LogP contribution in [0.15, 0.2) is 71.2 Å². The second-order valence-electron chi connectivity index (χ2n) is 6.80. The van der Waals surface area contributed by atoms with E-state index in [2.05, 4.69) is 70.6 Å². The number of halogens is 1. The third kappa shape index (κ3) is 6.11. The summed E-state index contributed by atoms with van der Waals surface area (Å²) in [5, 5.41) is 3.52. The van der Waals surface area contributed by atoms with E-state index < -0.39 is 0 Å². The van der Waals surface area contributed by atoms with Gasteiger partial charge in [-0.1, -0.05) is 57.9 Å². The molecule has 0 aliphatic carbocycles. The number of aryl methyl sites for hydroxylation is 1. The lowest BCUT2D eigenvalue weighted by Crippen LogP contribution is -2.17. The molecule has 0 fully saturated rings. The standard InChI is InChI=1S/C24H26BrNO2/c1-18-4-3-5-20(14-18)17-28-24-11-8-22(25)15-21(24)16-26-13-12-19-6-9-23(27-2)10-7-19/h3-11,14-15,26H,12-13,16-17H2,1-2H3. The van der Waals surface area contributed by atoms with E-state index in [-0.39, 0.29) is 0 Å². The molecule has 0 heterocycles. The Morgan fingerprint density at radius 3 is 2.50 bits per heavy atom. The van der Waals surface area contributed by atoms with Gasteiger partial charge in [-0.25, -0.2) is 0 Å². The van der Waals surface area contributed by atoms with Gasteiger partial charge < -0.3 is 14.8 Å². The average molecular weight is 440 g/mol. The van der Waals surface area contributed by atoms with Crippen molar-refractivity contribution in [3.63, 3.8) is 0 Å². The molecule has 0 spiro atoms. The van der Waals surface area contributed by atoms with Crippen LogP contribution < -0.4 is 14.8 Å².